The van der Waals surface area contributed by atoms with Crippen LogP contribution < -0.4 is 10.9 Å². The summed E-state index contributed by atoms with van der Waals surface area (Å²) >= 11 is 0. The van der Waals surface area contributed by atoms with Crippen LogP contribution in [-0.2, 0) is 9.47 Å². The lowest BCUT2D eigenvalue weighted by molar-refractivity contribution is 0.0486. The van der Waals surface area contributed by atoms with Gasteiger partial charge in [-0.05, 0) is 27.2 Å². The summed E-state index contributed by atoms with van der Waals surface area (Å²) in [6.45, 7) is 6.85. The van der Waals surface area contributed by atoms with Crippen molar-refractivity contribution in [3.63, 3.8) is 0 Å². The lowest BCUT2D eigenvalue weighted by Gasteiger charge is -2.20. The highest BCUT2D eigenvalue weighted by molar-refractivity contribution is 5.67. The Morgan fingerprint density at radius 3 is 2.71 bits per heavy atom. The summed E-state index contributed by atoms with van der Waals surface area (Å²) in [6, 6.07) is 0.197. The van der Waals surface area contributed by atoms with Crippen LogP contribution in [0.4, 0.5) is 4.79 Å². The van der Waals surface area contributed by atoms with E-state index >= 15 is 0 Å². The number of amides is 1. The van der Waals surface area contributed by atoms with Gasteiger partial charge in [-0.1, -0.05) is 0 Å². The van der Waals surface area contributed by atoms with Crippen LogP contribution in [0.3, 0.4) is 0 Å². The van der Waals surface area contributed by atoms with Gasteiger partial charge in [0, 0.05) is 6.61 Å². The quantitative estimate of drug-likeness (QED) is 0.650. The van der Waals surface area contributed by atoms with E-state index < -0.39 is 11.7 Å². The average Bonchev–Trinajstić information content (AvgIpc) is 2.49. The molecule has 0 unspecified atom stereocenters. The zero-order valence-corrected chi connectivity index (χ0v) is 8.92. The minimum Gasteiger partial charge on any atom is -0.443 e. The number of hydrogen-bond acceptors (Lipinski definition) is 4. The van der Waals surface area contributed by atoms with Crippen molar-refractivity contribution in [3.05, 3.63) is 0 Å². The van der Waals surface area contributed by atoms with Crippen LogP contribution in [0.25, 0.3) is 0 Å². The highest BCUT2D eigenvalue weighted by atomic mass is 16.6. The van der Waals surface area contributed by atoms with E-state index in [0.717, 1.165) is 13.0 Å². The number of hydrogen-bond donors (Lipinski definition) is 2. The molecule has 0 aromatic heterocycles. The molecule has 2 N–H and O–H groups in total. The Kier molecular flexibility index (Phi) is 3.71. The first-order valence-corrected chi connectivity index (χ1v) is 4.79. The van der Waals surface area contributed by atoms with Crippen LogP contribution in [0.5, 0.6) is 0 Å². The lowest BCUT2D eigenvalue weighted by atomic mass is 10.2. The van der Waals surface area contributed by atoms with E-state index in [-0.39, 0.29) is 6.04 Å². The zero-order chi connectivity index (χ0) is 10.6. The molecule has 1 aliphatic rings. The molecule has 0 saturated carbocycles. The Morgan fingerprint density at radius 2 is 2.21 bits per heavy atom. The van der Waals surface area contributed by atoms with Gasteiger partial charge >= 0.3 is 6.09 Å². The van der Waals surface area contributed by atoms with Crippen molar-refractivity contribution in [2.45, 2.75) is 38.8 Å². The van der Waals surface area contributed by atoms with E-state index in [0.29, 0.717) is 6.61 Å². The van der Waals surface area contributed by atoms with Crippen molar-refractivity contribution in [3.8, 4) is 0 Å². The monoisotopic (exact) mass is 202 g/mol. The van der Waals surface area contributed by atoms with Crippen LogP contribution in [0, 0.1) is 0 Å². The van der Waals surface area contributed by atoms with Gasteiger partial charge in [0.15, 0.2) is 0 Å². The summed E-state index contributed by atoms with van der Waals surface area (Å²) in [7, 11) is 0. The second kappa shape index (κ2) is 4.61. The second-order valence-electron chi connectivity index (χ2n) is 4.33. The molecular formula is C9H18N2O3. The number of hydrazine groups is 1. The summed E-state index contributed by atoms with van der Waals surface area (Å²) < 4.78 is 10.2. The fraction of sp³-hybridized carbons (Fsp3) is 0.889. The molecule has 1 aliphatic heterocycles. The van der Waals surface area contributed by atoms with Crippen LogP contribution in [-0.4, -0.2) is 30.9 Å². The summed E-state index contributed by atoms with van der Waals surface area (Å²) in [5.41, 5.74) is 4.88. The van der Waals surface area contributed by atoms with Gasteiger partial charge < -0.3 is 9.47 Å². The van der Waals surface area contributed by atoms with Crippen molar-refractivity contribution < 1.29 is 14.3 Å². The smallest absolute Gasteiger partial charge is 0.422 e. The fourth-order valence-corrected chi connectivity index (χ4v) is 1.11. The lowest BCUT2D eigenvalue weighted by Crippen LogP contribution is -2.46. The number of ether oxygens (including phenoxy) is 2. The zero-order valence-electron chi connectivity index (χ0n) is 8.92. The van der Waals surface area contributed by atoms with Crippen LogP contribution in [0.1, 0.15) is 27.2 Å². The van der Waals surface area contributed by atoms with Gasteiger partial charge in [0.1, 0.15) is 5.60 Å². The molecule has 0 aromatic carbocycles. The molecule has 0 bridgehead atoms. The summed E-state index contributed by atoms with van der Waals surface area (Å²) in [6.07, 6.45) is 0.458. The third-order valence-corrected chi connectivity index (χ3v) is 1.71. The average molecular weight is 202 g/mol. The maximum absolute atomic E-state index is 11.2. The van der Waals surface area contributed by atoms with Gasteiger partial charge in [-0.2, -0.15) is 0 Å². The predicted molar refractivity (Wildman–Crippen MR) is 51.7 cm³/mol. The third-order valence-electron chi connectivity index (χ3n) is 1.71. The van der Waals surface area contributed by atoms with Crippen molar-refractivity contribution >= 4 is 6.09 Å². The topological polar surface area (TPSA) is 59.6 Å². The van der Waals surface area contributed by atoms with Gasteiger partial charge in [0.05, 0.1) is 12.6 Å². The second-order valence-corrected chi connectivity index (χ2v) is 4.33. The normalized spacial score (nSPS) is 22.1. The van der Waals surface area contributed by atoms with E-state index in [1.807, 2.05) is 20.8 Å². The molecule has 0 spiro atoms. The largest absolute Gasteiger partial charge is 0.443 e. The number of carbonyl (C=O) groups is 1. The first kappa shape index (κ1) is 11.3. The molecule has 1 amide bonds. The Labute approximate surface area is 84.1 Å². The number of rotatable bonds is 2. The molecule has 1 rings (SSSR count). The van der Waals surface area contributed by atoms with Gasteiger partial charge in [0.25, 0.3) is 0 Å². The third kappa shape index (κ3) is 4.43. The van der Waals surface area contributed by atoms with Crippen molar-refractivity contribution in [2.75, 3.05) is 13.2 Å². The van der Waals surface area contributed by atoms with Crippen LogP contribution in [0.2, 0.25) is 0 Å². The first-order chi connectivity index (χ1) is 6.47. The Balaban J connectivity index is 2.14. The van der Waals surface area contributed by atoms with E-state index in [2.05, 4.69) is 10.9 Å². The summed E-state index contributed by atoms with van der Waals surface area (Å²) in [4.78, 5) is 11.2. The van der Waals surface area contributed by atoms with Gasteiger partial charge in [0.2, 0.25) is 0 Å². The molecule has 1 atom stereocenters. The highest BCUT2D eigenvalue weighted by Gasteiger charge is 2.19. The molecule has 0 aromatic rings. The maximum Gasteiger partial charge on any atom is 0.422 e. The van der Waals surface area contributed by atoms with E-state index in [9.17, 15) is 4.79 Å². The number of nitrogens with one attached hydrogen (secondary N) is 2. The molecule has 1 heterocycles. The van der Waals surface area contributed by atoms with E-state index in [1.165, 1.54) is 0 Å². The molecule has 5 heteroatoms. The molecule has 0 radical (unpaired) electrons. The van der Waals surface area contributed by atoms with E-state index in [4.69, 9.17) is 9.47 Å². The van der Waals surface area contributed by atoms with Crippen molar-refractivity contribution in [1.82, 2.24) is 10.9 Å². The van der Waals surface area contributed by atoms with Crippen LogP contribution >= 0.6 is 0 Å². The predicted octanol–water partition coefficient (Wildman–Crippen LogP) is 0.805. The van der Waals surface area contributed by atoms with Gasteiger partial charge in [-0.25, -0.2) is 10.2 Å². The highest BCUT2D eigenvalue weighted by Crippen LogP contribution is 2.06. The maximum atomic E-state index is 11.2. The summed E-state index contributed by atoms with van der Waals surface area (Å²) in [5.74, 6) is 0. The molecular weight excluding hydrogens is 184 g/mol. The van der Waals surface area contributed by atoms with Crippen LogP contribution in [0.15, 0.2) is 0 Å². The molecule has 14 heavy (non-hydrogen) atoms. The SMILES string of the molecule is CC(C)(C)OC(=O)NN[C@@H]1CCOC1. The van der Waals surface area contributed by atoms with E-state index in [1.54, 1.807) is 0 Å². The molecule has 5 nitrogen and oxygen atoms in total. The molecule has 0 aliphatic carbocycles. The standard InChI is InChI=1S/C9H18N2O3/c1-9(2,3)14-8(12)11-10-7-4-5-13-6-7/h7,10H,4-6H2,1-3H3,(H,11,12)/t7-/m1/s1. The Morgan fingerprint density at radius 1 is 1.50 bits per heavy atom. The fourth-order valence-electron chi connectivity index (χ4n) is 1.11. The molecule has 1 saturated heterocycles. The van der Waals surface area contributed by atoms with Gasteiger partial charge in [-0.3, -0.25) is 5.43 Å². The van der Waals surface area contributed by atoms with Crippen molar-refractivity contribution in [1.29, 1.82) is 0 Å². The minimum absolute atomic E-state index is 0.197. The van der Waals surface area contributed by atoms with Gasteiger partial charge in [-0.15, -0.1) is 0 Å². The Bertz CT molecular complexity index is 195. The summed E-state index contributed by atoms with van der Waals surface area (Å²) in [5, 5.41) is 0. The molecule has 1 fully saturated rings. The first-order valence-electron chi connectivity index (χ1n) is 4.79. The Hall–Kier alpha value is -0.810. The number of carbonyl (C=O) groups excluding carboxylic acids is 1. The molecule has 82 valence electrons. The van der Waals surface area contributed by atoms with Crippen molar-refractivity contribution in [2.24, 2.45) is 0 Å². The minimum atomic E-state index is -0.460.